The van der Waals surface area contributed by atoms with Crippen molar-refractivity contribution < 1.29 is 15.0 Å². The molecule has 0 amide bonds. The van der Waals surface area contributed by atoms with E-state index in [9.17, 15) is 4.79 Å². The van der Waals surface area contributed by atoms with Crippen molar-refractivity contribution in [3.63, 3.8) is 0 Å². The van der Waals surface area contributed by atoms with Crippen LogP contribution >= 0.6 is 0 Å². The summed E-state index contributed by atoms with van der Waals surface area (Å²) >= 11 is 0. The quantitative estimate of drug-likeness (QED) is 0.771. The molecule has 0 aliphatic heterocycles. The second-order valence-electron chi connectivity index (χ2n) is 4.40. The van der Waals surface area contributed by atoms with Crippen molar-refractivity contribution in [2.75, 3.05) is 13.2 Å². The maximum atomic E-state index is 10.6. The maximum absolute atomic E-state index is 10.6. The first-order valence-electron chi connectivity index (χ1n) is 5.20. The van der Waals surface area contributed by atoms with Crippen LogP contribution in [0.1, 0.15) is 31.1 Å². The van der Waals surface area contributed by atoms with Gasteiger partial charge in [0.25, 0.3) is 0 Å². The lowest BCUT2D eigenvalue weighted by atomic mass is 9.97. The molecule has 1 aromatic carbocycles. The van der Waals surface area contributed by atoms with E-state index in [2.05, 4.69) is 0 Å². The molecule has 0 fully saturated rings. The first-order valence-corrected chi connectivity index (χ1v) is 5.20. The SMILES string of the molecule is CC(=O)c1ccccc1.CC(C)(CO)CO. The predicted molar refractivity (Wildman–Crippen MR) is 64.4 cm³/mol. The van der Waals surface area contributed by atoms with Gasteiger partial charge in [-0.2, -0.15) is 0 Å². The molecule has 0 saturated carbocycles. The van der Waals surface area contributed by atoms with E-state index >= 15 is 0 Å². The van der Waals surface area contributed by atoms with E-state index in [1.54, 1.807) is 20.8 Å². The number of carbonyl (C=O) groups excluding carboxylic acids is 1. The summed E-state index contributed by atoms with van der Waals surface area (Å²) < 4.78 is 0. The number of aliphatic hydroxyl groups excluding tert-OH is 2. The van der Waals surface area contributed by atoms with Crippen molar-refractivity contribution in [3.05, 3.63) is 35.9 Å². The van der Waals surface area contributed by atoms with Gasteiger partial charge >= 0.3 is 0 Å². The van der Waals surface area contributed by atoms with Crippen LogP contribution < -0.4 is 0 Å². The van der Waals surface area contributed by atoms with Crippen LogP contribution in [0.2, 0.25) is 0 Å². The van der Waals surface area contributed by atoms with Crippen LogP contribution in [0.5, 0.6) is 0 Å². The Balaban J connectivity index is 0.000000293. The number of benzene rings is 1. The molecule has 0 spiro atoms. The zero-order valence-corrected chi connectivity index (χ0v) is 10.1. The summed E-state index contributed by atoms with van der Waals surface area (Å²) in [5, 5.41) is 16.9. The summed E-state index contributed by atoms with van der Waals surface area (Å²) in [7, 11) is 0. The number of rotatable bonds is 3. The summed E-state index contributed by atoms with van der Waals surface area (Å²) in [5.74, 6) is 0.121. The van der Waals surface area contributed by atoms with Crippen molar-refractivity contribution in [3.8, 4) is 0 Å². The second-order valence-corrected chi connectivity index (χ2v) is 4.40. The molecule has 0 radical (unpaired) electrons. The van der Waals surface area contributed by atoms with Crippen molar-refractivity contribution in [1.29, 1.82) is 0 Å². The Morgan fingerprint density at radius 2 is 1.56 bits per heavy atom. The molecular weight excluding hydrogens is 204 g/mol. The molecule has 3 nitrogen and oxygen atoms in total. The summed E-state index contributed by atoms with van der Waals surface area (Å²) in [5.41, 5.74) is 0.470. The smallest absolute Gasteiger partial charge is 0.159 e. The van der Waals surface area contributed by atoms with Gasteiger partial charge in [0.15, 0.2) is 5.78 Å². The Labute approximate surface area is 96.7 Å². The van der Waals surface area contributed by atoms with Gasteiger partial charge in [-0.3, -0.25) is 4.79 Å². The van der Waals surface area contributed by atoms with Gasteiger partial charge in [-0.15, -0.1) is 0 Å². The fraction of sp³-hybridized carbons (Fsp3) is 0.462. The molecule has 0 atom stereocenters. The third-order valence-electron chi connectivity index (χ3n) is 2.04. The lowest BCUT2D eigenvalue weighted by molar-refractivity contribution is 0.0857. The van der Waals surface area contributed by atoms with Crippen LogP contribution in [-0.4, -0.2) is 29.2 Å². The van der Waals surface area contributed by atoms with Crippen molar-refractivity contribution in [2.24, 2.45) is 5.41 Å². The Kier molecular flexibility index (Phi) is 6.61. The van der Waals surface area contributed by atoms with Crippen molar-refractivity contribution in [2.45, 2.75) is 20.8 Å². The minimum absolute atomic E-state index is 0.0451. The van der Waals surface area contributed by atoms with Crippen LogP contribution in [0.25, 0.3) is 0 Å². The molecule has 0 heterocycles. The topological polar surface area (TPSA) is 57.5 Å². The van der Waals surface area contributed by atoms with Crippen molar-refractivity contribution >= 4 is 5.78 Å². The van der Waals surface area contributed by atoms with E-state index in [0.29, 0.717) is 0 Å². The van der Waals surface area contributed by atoms with Gasteiger partial charge in [0, 0.05) is 11.0 Å². The molecule has 1 rings (SSSR count). The Morgan fingerprint density at radius 1 is 1.12 bits per heavy atom. The van der Waals surface area contributed by atoms with Crippen LogP contribution in [-0.2, 0) is 0 Å². The zero-order chi connectivity index (χ0) is 12.6. The molecule has 2 N–H and O–H groups in total. The number of hydrogen-bond acceptors (Lipinski definition) is 3. The summed E-state index contributed by atoms with van der Waals surface area (Å²) in [6.45, 7) is 5.25. The molecule has 0 unspecified atom stereocenters. The predicted octanol–water partition coefficient (Wildman–Crippen LogP) is 1.89. The summed E-state index contributed by atoms with van der Waals surface area (Å²) in [6, 6.07) is 9.23. The van der Waals surface area contributed by atoms with Crippen LogP contribution in [0.3, 0.4) is 0 Å². The van der Waals surface area contributed by atoms with Crippen LogP contribution in [0, 0.1) is 5.41 Å². The van der Waals surface area contributed by atoms with Gasteiger partial charge in [-0.25, -0.2) is 0 Å². The molecule has 0 aliphatic rings. The number of hydrogen-bond donors (Lipinski definition) is 2. The average Bonchev–Trinajstić information content (AvgIpc) is 2.31. The highest BCUT2D eigenvalue weighted by molar-refractivity contribution is 5.93. The van der Waals surface area contributed by atoms with E-state index < -0.39 is 0 Å². The van der Waals surface area contributed by atoms with Crippen LogP contribution in [0.4, 0.5) is 0 Å². The summed E-state index contributed by atoms with van der Waals surface area (Å²) in [6.07, 6.45) is 0. The minimum atomic E-state index is -0.306. The van der Waals surface area contributed by atoms with Crippen molar-refractivity contribution in [1.82, 2.24) is 0 Å². The Morgan fingerprint density at radius 3 is 1.75 bits per heavy atom. The molecular formula is C13H20O3. The zero-order valence-electron chi connectivity index (χ0n) is 10.1. The molecule has 1 aromatic rings. The van der Waals surface area contributed by atoms with Gasteiger partial charge in [0.2, 0.25) is 0 Å². The molecule has 16 heavy (non-hydrogen) atoms. The number of carbonyl (C=O) groups is 1. The highest BCUT2D eigenvalue weighted by atomic mass is 16.3. The molecule has 0 aliphatic carbocycles. The number of Topliss-reactive ketones (excluding diaryl/α,β-unsaturated/α-hetero) is 1. The second kappa shape index (κ2) is 7.14. The van der Waals surface area contributed by atoms with E-state index in [-0.39, 0.29) is 24.4 Å². The fourth-order valence-electron chi connectivity index (χ4n) is 0.723. The minimum Gasteiger partial charge on any atom is -0.396 e. The van der Waals surface area contributed by atoms with Gasteiger partial charge in [-0.05, 0) is 6.92 Å². The Hall–Kier alpha value is -1.19. The highest BCUT2D eigenvalue weighted by Crippen LogP contribution is 2.10. The monoisotopic (exact) mass is 224 g/mol. The molecule has 0 saturated heterocycles. The van der Waals surface area contributed by atoms with Gasteiger partial charge in [-0.1, -0.05) is 44.2 Å². The molecule has 90 valence electrons. The van der Waals surface area contributed by atoms with Gasteiger partial charge in [0.1, 0.15) is 0 Å². The van der Waals surface area contributed by atoms with Crippen LogP contribution in [0.15, 0.2) is 30.3 Å². The first-order chi connectivity index (χ1) is 7.43. The fourth-order valence-corrected chi connectivity index (χ4v) is 0.723. The molecule has 0 bridgehead atoms. The van der Waals surface area contributed by atoms with E-state index in [4.69, 9.17) is 10.2 Å². The Bertz CT molecular complexity index is 298. The lowest BCUT2D eigenvalue weighted by Gasteiger charge is -2.16. The standard InChI is InChI=1S/C8H8O.C5H12O2/c1-7(9)8-5-3-2-4-6-8;1-5(2,3-6)4-7/h2-6H,1H3;6-7H,3-4H2,1-2H3. The first kappa shape index (κ1) is 14.8. The van der Waals surface area contributed by atoms with E-state index in [1.165, 1.54) is 0 Å². The maximum Gasteiger partial charge on any atom is 0.159 e. The number of ketones is 1. The third-order valence-corrected chi connectivity index (χ3v) is 2.04. The molecule has 0 aromatic heterocycles. The average molecular weight is 224 g/mol. The highest BCUT2D eigenvalue weighted by Gasteiger charge is 2.13. The lowest BCUT2D eigenvalue weighted by Crippen LogP contribution is -2.20. The van der Waals surface area contributed by atoms with E-state index in [1.807, 2.05) is 30.3 Å². The number of aliphatic hydroxyl groups is 2. The normalized spacial score (nSPS) is 10.3. The largest absolute Gasteiger partial charge is 0.396 e. The summed E-state index contributed by atoms with van der Waals surface area (Å²) in [4.78, 5) is 10.6. The third kappa shape index (κ3) is 6.32. The van der Waals surface area contributed by atoms with Gasteiger partial charge < -0.3 is 10.2 Å². The van der Waals surface area contributed by atoms with E-state index in [0.717, 1.165) is 5.56 Å². The molecule has 3 heteroatoms. The van der Waals surface area contributed by atoms with Gasteiger partial charge in [0.05, 0.1) is 13.2 Å².